The van der Waals surface area contributed by atoms with E-state index in [1.165, 1.54) is 18.2 Å². The van der Waals surface area contributed by atoms with E-state index in [1.54, 1.807) is 10.6 Å². The molecule has 2 aliphatic rings. The van der Waals surface area contributed by atoms with Crippen molar-refractivity contribution < 1.29 is 12.8 Å². The number of furan rings is 1. The zero-order valence-corrected chi connectivity index (χ0v) is 13.4. The molecule has 3 rings (SSSR count). The maximum atomic E-state index is 11.6. The summed E-state index contributed by atoms with van der Waals surface area (Å²) in [5, 5.41) is 0. The van der Waals surface area contributed by atoms with Gasteiger partial charge in [0.1, 0.15) is 0 Å². The van der Waals surface area contributed by atoms with Crippen molar-refractivity contribution in [2.24, 2.45) is 11.8 Å². The maximum absolute atomic E-state index is 11.6. The summed E-state index contributed by atoms with van der Waals surface area (Å²) in [4.78, 5) is 2.48. The second kappa shape index (κ2) is 6.10. The Morgan fingerprint density at radius 2 is 1.90 bits per heavy atom. The minimum Gasteiger partial charge on any atom is -0.472 e. The molecule has 0 spiro atoms. The van der Waals surface area contributed by atoms with Crippen LogP contribution >= 0.6 is 0 Å². The lowest BCUT2D eigenvalue weighted by Crippen LogP contribution is -2.39. The normalized spacial score (nSPS) is 26.4. The van der Waals surface area contributed by atoms with Crippen molar-refractivity contribution >= 4 is 10.0 Å². The largest absolute Gasteiger partial charge is 0.472 e. The lowest BCUT2D eigenvalue weighted by molar-refractivity contribution is 0.202. The summed E-state index contributed by atoms with van der Waals surface area (Å²) in [5.41, 5.74) is 1.24. The van der Waals surface area contributed by atoms with E-state index < -0.39 is 10.0 Å². The Morgan fingerprint density at radius 1 is 1.19 bits per heavy atom. The van der Waals surface area contributed by atoms with Gasteiger partial charge in [-0.25, -0.2) is 12.7 Å². The first-order valence-electron chi connectivity index (χ1n) is 7.71. The molecule has 1 atom stereocenters. The Labute approximate surface area is 127 Å². The van der Waals surface area contributed by atoms with Crippen molar-refractivity contribution in [3.8, 4) is 0 Å². The van der Waals surface area contributed by atoms with Crippen LogP contribution in [0.25, 0.3) is 0 Å². The molecule has 1 aromatic heterocycles. The van der Waals surface area contributed by atoms with Crippen LogP contribution in [0.1, 0.15) is 24.8 Å². The number of rotatable bonds is 4. The third kappa shape index (κ3) is 3.67. The highest BCUT2D eigenvalue weighted by Gasteiger charge is 2.33. The molecule has 2 aliphatic heterocycles. The monoisotopic (exact) mass is 312 g/mol. The average Bonchev–Trinajstić information content (AvgIpc) is 3.10. The molecule has 21 heavy (non-hydrogen) atoms. The van der Waals surface area contributed by atoms with Gasteiger partial charge in [-0.05, 0) is 43.7 Å². The SMILES string of the molecule is CS(=O)(=O)N1CCC(C2CCN(Cc3ccoc3)C2)CC1. The highest BCUT2D eigenvalue weighted by Crippen LogP contribution is 2.32. The summed E-state index contributed by atoms with van der Waals surface area (Å²) in [6.45, 7) is 4.63. The molecule has 0 N–H and O–H groups in total. The number of hydrogen-bond acceptors (Lipinski definition) is 4. The van der Waals surface area contributed by atoms with E-state index in [-0.39, 0.29) is 0 Å². The fourth-order valence-corrected chi connectivity index (χ4v) is 4.58. The van der Waals surface area contributed by atoms with E-state index >= 15 is 0 Å². The van der Waals surface area contributed by atoms with Crippen LogP contribution in [-0.2, 0) is 16.6 Å². The summed E-state index contributed by atoms with van der Waals surface area (Å²) >= 11 is 0. The smallest absolute Gasteiger partial charge is 0.211 e. The molecule has 1 aromatic rings. The Morgan fingerprint density at radius 3 is 2.52 bits per heavy atom. The summed E-state index contributed by atoms with van der Waals surface area (Å²) in [5.74, 6) is 1.40. The highest BCUT2D eigenvalue weighted by molar-refractivity contribution is 7.88. The van der Waals surface area contributed by atoms with Crippen molar-refractivity contribution in [2.45, 2.75) is 25.8 Å². The predicted octanol–water partition coefficient (Wildman–Crippen LogP) is 1.77. The van der Waals surface area contributed by atoms with Crippen LogP contribution in [0.3, 0.4) is 0 Å². The molecule has 0 aliphatic carbocycles. The van der Waals surface area contributed by atoms with Gasteiger partial charge < -0.3 is 4.42 Å². The first-order chi connectivity index (χ1) is 10.0. The Kier molecular flexibility index (Phi) is 4.38. The summed E-state index contributed by atoms with van der Waals surface area (Å²) < 4.78 is 29.9. The molecule has 3 heterocycles. The van der Waals surface area contributed by atoms with Gasteiger partial charge in [0.15, 0.2) is 0 Å². The molecule has 0 radical (unpaired) electrons. The van der Waals surface area contributed by atoms with Crippen LogP contribution < -0.4 is 0 Å². The van der Waals surface area contributed by atoms with Gasteiger partial charge in [-0.2, -0.15) is 0 Å². The van der Waals surface area contributed by atoms with Gasteiger partial charge in [0, 0.05) is 31.7 Å². The predicted molar refractivity (Wildman–Crippen MR) is 81.2 cm³/mol. The molecule has 0 amide bonds. The molecule has 6 heteroatoms. The molecule has 0 aromatic carbocycles. The second-order valence-corrected chi connectivity index (χ2v) is 8.40. The van der Waals surface area contributed by atoms with Gasteiger partial charge in [-0.1, -0.05) is 0 Å². The van der Waals surface area contributed by atoms with E-state index in [9.17, 15) is 8.42 Å². The topological polar surface area (TPSA) is 53.8 Å². The zero-order valence-electron chi connectivity index (χ0n) is 12.6. The quantitative estimate of drug-likeness (QED) is 0.850. The molecular formula is C15H24N2O3S. The van der Waals surface area contributed by atoms with E-state index in [4.69, 9.17) is 4.42 Å². The van der Waals surface area contributed by atoms with Crippen LogP contribution in [0.15, 0.2) is 23.0 Å². The molecule has 0 bridgehead atoms. The van der Waals surface area contributed by atoms with Crippen LogP contribution in [0, 0.1) is 11.8 Å². The van der Waals surface area contributed by atoms with Gasteiger partial charge in [-0.3, -0.25) is 4.90 Å². The Bertz CT molecular complexity index is 547. The van der Waals surface area contributed by atoms with Crippen molar-refractivity contribution in [2.75, 3.05) is 32.4 Å². The fourth-order valence-electron chi connectivity index (χ4n) is 3.71. The van der Waals surface area contributed by atoms with E-state index in [2.05, 4.69) is 4.90 Å². The third-order valence-electron chi connectivity index (χ3n) is 4.93. The van der Waals surface area contributed by atoms with Gasteiger partial charge in [0.25, 0.3) is 0 Å². The van der Waals surface area contributed by atoms with Gasteiger partial charge in [0.2, 0.25) is 10.0 Å². The first-order valence-corrected chi connectivity index (χ1v) is 9.56. The summed E-state index contributed by atoms with van der Waals surface area (Å²) in [6, 6.07) is 2.03. The standard InChI is InChI=1S/C15H24N2O3S/c1-21(18,19)17-7-3-14(4-8-17)15-2-6-16(11-15)10-13-5-9-20-12-13/h5,9,12,14-15H,2-4,6-8,10-11H2,1H3. The van der Waals surface area contributed by atoms with Gasteiger partial charge in [-0.15, -0.1) is 0 Å². The third-order valence-corrected chi connectivity index (χ3v) is 6.23. The van der Waals surface area contributed by atoms with Crippen LogP contribution in [0.5, 0.6) is 0 Å². The number of nitrogens with zero attached hydrogens (tertiary/aromatic N) is 2. The lowest BCUT2D eigenvalue weighted by atomic mass is 9.84. The Hall–Kier alpha value is -0.850. The van der Waals surface area contributed by atoms with Crippen molar-refractivity contribution in [3.63, 3.8) is 0 Å². The molecule has 2 saturated heterocycles. The summed E-state index contributed by atoms with van der Waals surface area (Å²) in [7, 11) is -3.01. The fraction of sp³-hybridized carbons (Fsp3) is 0.733. The van der Waals surface area contributed by atoms with Crippen LogP contribution in [-0.4, -0.2) is 50.1 Å². The minimum absolute atomic E-state index is 0.678. The average molecular weight is 312 g/mol. The van der Waals surface area contributed by atoms with Crippen molar-refractivity contribution in [1.82, 2.24) is 9.21 Å². The maximum Gasteiger partial charge on any atom is 0.211 e. The van der Waals surface area contributed by atoms with E-state index in [1.807, 2.05) is 12.3 Å². The number of likely N-dealkylation sites (tertiary alicyclic amines) is 1. The molecule has 1 unspecified atom stereocenters. The number of piperidine rings is 1. The second-order valence-electron chi connectivity index (χ2n) is 6.41. The summed E-state index contributed by atoms with van der Waals surface area (Å²) in [6.07, 6.45) is 8.12. The van der Waals surface area contributed by atoms with Crippen LogP contribution in [0.4, 0.5) is 0 Å². The molecule has 5 nitrogen and oxygen atoms in total. The molecular weight excluding hydrogens is 288 g/mol. The highest BCUT2D eigenvalue weighted by atomic mass is 32.2. The number of sulfonamides is 1. The minimum atomic E-state index is -3.01. The van der Waals surface area contributed by atoms with E-state index in [0.717, 1.165) is 38.4 Å². The van der Waals surface area contributed by atoms with Gasteiger partial charge >= 0.3 is 0 Å². The van der Waals surface area contributed by atoms with Crippen LogP contribution in [0.2, 0.25) is 0 Å². The van der Waals surface area contributed by atoms with E-state index in [0.29, 0.717) is 19.0 Å². The molecule has 118 valence electrons. The number of hydrogen-bond donors (Lipinski definition) is 0. The van der Waals surface area contributed by atoms with Crippen molar-refractivity contribution in [3.05, 3.63) is 24.2 Å². The lowest BCUT2D eigenvalue weighted by Gasteiger charge is -2.33. The zero-order chi connectivity index (χ0) is 14.9. The van der Waals surface area contributed by atoms with Gasteiger partial charge in [0.05, 0.1) is 18.8 Å². The first kappa shape index (κ1) is 15.1. The Balaban J connectivity index is 1.49. The van der Waals surface area contributed by atoms with Crippen molar-refractivity contribution in [1.29, 1.82) is 0 Å². The molecule has 0 saturated carbocycles. The molecule has 2 fully saturated rings.